The third-order valence-electron chi connectivity index (χ3n) is 4.15. The quantitative estimate of drug-likeness (QED) is 0.645. The Balaban J connectivity index is 1.97. The normalized spacial score (nSPS) is 12.6. The van der Waals surface area contributed by atoms with Gasteiger partial charge in [0, 0.05) is 10.6 Å². The molecule has 1 unspecified atom stereocenters. The Hall–Kier alpha value is -2.73. The van der Waals surface area contributed by atoms with E-state index in [-0.39, 0.29) is 5.92 Å². The maximum absolute atomic E-state index is 11.0. The van der Waals surface area contributed by atoms with Crippen LogP contribution in [-0.4, -0.2) is 12.2 Å². The van der Waals surface area contributed by atoms with Gasteiger partial charge in [-0.15, -0.1) is 0 Å². The van der Waals surface area contributed by atoms with Gasteiger partial charge >= 0.3 is 0 Å². The zero-order valence-corrected chi connectivity index (χ0v) is 15.1. The van der Waals surface area contributed by atoms with Crippen molar-refractivity contribution in [1.82, 2.24) is 0 Å². The summed E-state index contributed by atoms with van der Waals surface area (Å²) in [5.41, 5.74) is 2.61. The van der Waals surface area contributed by atoms with Crippen LogP contribution in [0.2, 0.25) is 5.02 Å². The van der Waals surface area contributed by atoms with E-state index in [1.807, 2.05) is 66.7 Å². The number of aliphatic hydroxyl groups excluding tert-OH is 1. The highest BCUT2D eigenvalue weighted by molar-refractivity contribution is 6.30. The zero-order chi connectivity index (χ0) is 18.4. The number of rotatable bonds is 4. The molecule has 0 aliphatic heterocycles. The SMILES string of the molecule is COc1ccc(C(C#Cc2ccccc2)[C@H](O)c2ccc(Cl)cc2)cc1. The predicted molar refractivity (Wildman–Crippen MR) is 105 cm³/mol. The highest BCUT2D eigenvalue weighted by Crippen LogP contribution is 2.32. The molecule has 0 aliphatic carbocycles. The molecule has 0 bridgehead atoms. The van der Waals surface area contributed by atoms with Crippen molar-refractivity contribution in [3.8, 4) is 17.6 Å². The first kappa shape index (κ1) is 18.1. The van der Waals surface area contributed by atoms with Crippen molar-refractivity contribution in [3.05, 3.63) is 101 Å². The lowest BCUT2D eigenvalue weighted by Crippen LogP contribution is -2.09. The first-order valence-corrected chi connectivity index (χ1v) is 8.69. The van der Waals surface area contributed by atoms with Gasteiger partial charge in [0.1, 0.15) is 5.75 Å². The van der Waals surface area contributed by atoms with Crippen molar-refractivity contribution in [3.63, 3.8) is 0 Å². The van der Waals surface area contributed by atoms with E-state index in [1.165, 1.54) is 0 Å². The fraction of sp³-hybridized carbons (Fsp3) is 0.130. The van der Waals surface area contributed by atoms with Crippen molar-refractivity contribution in [2.75, 3.05) is 7.11 Å². The minimum absolute atomic E-state index is 0.373. The minimum Gasteiger partial charge on any atom is -0.497 e. The van der Waals surface area contributed by atoms with Gasteiger partial charge in [-0.25, -0.2) is 0 Å². The summed E-state index contributed by atoms with van der Waals surface area (Å²) in [6.07, 6.45) is -0.767. The highest BCUT2D eigenvalue weighted by Gasteiger charge is 2.21. The molecular weight excluding hydrogens is 344 g/mol. The Morgan fingerprint density at radius 2 is 1.46 bits per heavy atom. The van der Waals surface area contributed by atoms with Crippen molar-refractivity contribution >= 4 is 11.6 Å². The molecule has 0 radical (unpaired) electrons. The van der Waals surface area contributed by atoms with Crippen molar-refractivity contribution < 1.29 is 9.84 Å². The molecule has 2 nitrogen and oxygen atoms in total. The van der Waals surface area contributed by atoms with E-state index in [9.17, 15) is 5.11 Å². The Labute approximate surface area is 159 Å². The molecule has 3 rings (SSSR count). The molecule has 0 saturated carbocycles. The third-order valence-corrected chi connectivity index (χ3v) is 4.40. The molecule has 3 aromatic carbocycles. The molecule has 2 atom stereocenters. The summed E-state index contributed by atoms with van der Waals surface area (Å²) < 4.78 is 5.22. The number of halogens is 1. The number of ether oxygens (including phenoxy) is 1. The van der Waals surface area contributed by atoms with E-state index in [0.717, 1.165) is 22.4 Å². The van der Waals surface area contributed by atoms with Crippen molar-refractivity contribution in [2.45, 2.75) is 12.0 Å². The number of benzene rings is 3. The molecule has 0 aliphatic rings. The van der Waals surface area contributed by atoms with E-state index < -0.39 is 6.10 Å². The summed E-state index contributed by atoms with van der Waals surface area (Å²) >= 11 is 5.96. The Bertz CT molecular complexity index is 891. The molecule has 0 saturated heterocycles. The maximum atomic E-state index is 11.0. The molecule has 0 spiro atoms. The first-order valence-electron chi connectivity index (χ1n) is 8.31. The Morgan fingerprint density at radius 1 is 0.846 bits per heavy atom. The fourth-order valence-corrected chi connectivity index (χ4v) is 2.82. The lowest BCUT2D eigenvalue weighted by Gasteiger charge is -2.19. The van der Waals surface area contributed by atoms with Crippen molar-refractivity contribution in [1.29, 1.82) is 0 Å². The van der Waals surface area contributed by atoms with Crippen LogP contribution in [0.15, 0.2) is 78.9 Å². The van der Waals surface area contributed by atoms with E-state index >= 15 is 0 Å². The summed E-state index contributed by atoms with van der Waals surface area (Å²) in [5.74, 6) is 6.79. The third kappa shape index (κ3) is 4.46. The highest BCUT2D eigenvalue weighted by atomic mass is 35.5. The summed E-state index contributed by atoms with van der Waals surface area (Å²) in [5, 5.41) is 11.6. The Morgan fingerprint density at radius 3 is 2.08 bits per heavy atom. The van der Waals surface area contributed by atoms with E-state index in [4.69, 9.17) is 16.3 Å². The van der Waals surface area contributed by atoms with Gasteiger partial charge in [0.2, 0.25) is 0 Å². The topological polar surface area (TPSA) is 29.5 Å². The van der Waals surface area contributed by atoms with Crippen LogP contribution in [-0.2, 0) is 0 Å². The van der Waals surface area contributed by atoms with Gasteiger partial charge in [-0.05, 0) is 47.5 Å². The zero-order valence-electron chi connectivity index (χ0n) is 14.4. The van der Waals surface area contributed by atoms with E-state index in [1.54, 1.807) is 19.2 Å². The second-order valence-corrected chi connectivity index (χ2v) is 6.32. The van der Waals surface area contributed by atoms with Gasteiger partial charge in [0.25, 0.3) is 0 Å². The summed E-state index contributed by atoms with van der Waals surface area (Å²) in [7, 11) is 1.63. The van der Waals surface area contributed by atoms with Gasteiger partial charge in [0.05, 0.1) is 19.1 Å². The van der Waals surface area contributed by atoms with Crippen molar-refractivity contribution in [2.24, 2.45) is 0 Å². The van der Waals surface area contributed by atoms with Gasteiger partial charge < -0.3 is 9.84 Å². The van der Waals surface area contributed by atoms with Crippen LogP contribution in [0.4, 0.5) is 0 Å². The fourth-order valence-electron chi connectivity index (χ4n) is 2.69. The van der Waals surface area contributed by atoms with E-state index in [2.05, 4.69) is 11.8 Å². The number of methoxy groups -OCH3 is 1. The summed E-state index contributed by atoms with van der Waals surface area (Å²) in [4.78, 5) is 0. The molecule has 3 aromatic rings. The van der Waals surface area contributed by atoms with Crippen LogP contribution < -0.4 is 4.74 Å². The number of hydrogen-bond acceptors (Lipinski definition) is 2. The molecule has 0 heterocycles. The molecule has 26 heavy (non-hydrogen) atoms. The van der Waals surface area contributed by atoms with Crippen LogP contribution in [0.5, 0.6) is 5.75 Å². The van der Waals surface area contributed by atoms with Gasteiger partial charge in [-0.3, -0.25) is 0 Å². The molecule has 1 N–H and O–H groups in total. The van der Waals surface area contributed by atoms with Crippen LogP contribution in [0.1, 0.15) is 28.7 Å². The first-order chi connectivity index (χ1) is 12.7. The average molecular weight is 363 g/mol. The molecule has 0 fully saturated rings. The summed E-state index contributed by atoms with van der Waals surface area (Å²) in [6.45, 7) is 0. The molecule has 0 aromatic heterocycles. The molecular formula is C23H19ClO2. The second-order valence-electron chi connectivity index (χ2n) is 5.88. The number of aliphatic hydroxyl groups is 1. The maximum Gasteiger partial charge on any atom is 0.118 e. The molecule has 3 heteroatoms. The largest absolute Gasteiger partial charge is 0.497 e. The minimum atomic E-state index is -0.767. The Kier molecular flexibility index (Phi) is 5.96. The van der Waals surface area contributed by atoms with Gasteiger partial charge in [-0.1, -0.05) is 65.9 Å². The number of hydrogen-bond donors (Lipinski definition) is 1. The standard InChI is InChI=1S/C23H19ClO2/c1-26-21-14-10-18(11-15-21)22(16-7-17-5-3-2-4-6-17)23(25)19-8-12-20(24)13-9-19/h2-6,8-15,22-23,25H,1H3/t22?,23-/m1/s1. The van der Waals surface area contributed by atoms with Crippen LogP contribution in [0, 0.1) is 11.8 Å². The van der Waals surface area contributed by atoms with Gasteiger partial charge in [-0.2, -0.15) is 0 Å². The van der Waals surface area contributed by atoms with Crippen LogP contribution in [0.3, 0.4) is 0 Å². The molecule has 130 valence electrons. The summed E-state index contributed by atoms with van der Waals surface area (Å²) in [6, 6.07) is 24.6. The average Bonchev–Trinajstić information content (AvgIpc) is 2.70. The van der Waals surface area contributed by atoms with Gasteiger partial charge in [0.15, 0.2) is 0 Å². The van der Waals surface area contributed by atoms with E-state index in [0.29, 0.717) is 5.02 Å². The monoisotopic (exact) mass is 362 g/mol. The second kappa shape index (κ2) is 8.58. The lowest BCUT2D eigenvalue weighted by molar-refractivity contribution is 0.165. The molecule has 0 amide bonds. The van der Waals surface area contributed by atoms with Crippen LogP contribution in [0.25, 0.3) is 0 Å². The lowest BCUT2D eigenvalue weighted by atomic mass is 9.89. The smallest absolute Gasteiger partial charge is 0.118 e. The van der Waals surface area contributed by atoms with Crippen LogP contribution >= 0.6 is 11.6 Å². The predicted octanol–water partition coefficient (Wildman–Crippen LogP) is 5.22.